The second kappa shape index (κ2) is 4.83. The summed E-state index contributed by atoms with van der Waals surface area (Å²) < 4.78 is 0. The van der Waals surface area contributed by atoms with Crippen LogP contribution in [0.15, 0.2) is 18.2 Å². The van der Waals surface area contributed by atoms with Crippen LogP contribution in [0.1, 0.15) is 26.5 Å². The van der Waals surface area contributed by atoms with Crippen molar-refractivity contribution >= 4 is 40.0 Å². The molecule has 0 saturated carbocycles. The number of nitrogens with two attached hydrogens (primary N) is 1. The first-order valence-corrected chi connectivity index (χ1v) is 6.46. The number of benzene rings is 1. The van der Waals surface area contributed by atoms with Gasteiger partial charge in [-0.05, 0) is 23.6 Å². The lowest BCUT2D eigenvalue weighted by Crippen LogP contribution is -2.15. The van der Waals surface area contributed by atoms with Gasteiger partial charge in [-0.25, -0.2) is 9.78 Å². The molecule has 0 aliphatic rings. The molecule has 0 aliphatic heterocycles. The van der Waals surface area contributed by atoms with Crippen LogP contribution in [0.2, 0.25) is 5.02 Å². The molecule has 20 heavy (non-hydrogen) atoms. The highest BCUT2D eigenvalue weighted by Gasteiger charge is 2.21. The standard InChI is InChI=1S/C14H16ClN3O2/c1-14(2,3)12-11-7(5-10(16)18-12)4-8(6-9(11)15)17-13(19)20/h4-6,17H,1-3H3,(H2,16,18)(H,19,20). The molecule has 5 nitrogen and oxygen atoms in total. The number of fused-ring (bicyclic) bond motifs is 1. The van der Waals surface area contributed by atoms with E-state index in [1.807, 2.05) is 20.8 Å². The topological polar surface area (TPSA) is 88.2 Å². The van der Waals surface area contributed by atoms with Crippen molar-refractivity contribution in [1.29, 1.82) is 0 Å². The predicted octanol–water partition coefficient (Wildman–Crippen LogP) is 3.86. The highest BCUT2D eigenvalue weighted by Crippen LogP contribution is 2.36. The maximum atomic E-state index is 10.7. The van der Waals surface area contributed by atoms with Gasteiger partial charge in [0.05, 0.1) is 10.7 Å². The smallest absolute Gasteiger partial charge is 0.409 e. The minimum Gasteiger partial charge on any atom is -0.465 e. The average molecular weight is 294 g/mol. The molecule has 1 amide bonds. The molecule has 0 aliphatic carbocycles. The Kier molecular flexibility index (Phi) is 3.48. The number of amides is 1. The van der Waals surface area contributed by atoms with E-state index in [9.17, 15) is 4.79 Å². The molecular formula is C14H16ClN3O2. The van der Waals surface area contributed by atoms with Crippen LogP contribution in [0.25, 0.3) is 10.8 Å². The van der Waals surface area contributed by atoms with Crippen molar-refractivity contribution in [1.82, 2.24) is 4.98 Å². The number of halogens is 1. The third kappa shape index (κ3) is 2.77. The van der Waals surface area contributed by atoms with Crippen LogP contribution in [-0.2, 0) is 5.41 Å². The Balaban J connectivity index is 2.76. The number of carboxylic acid groups (broad SMARTS) is 1. The Bertz CT molecular complexity index is 693. The summed E-state index contributed by atoms with van der Waals surface area (Å²) in [6.45, 7) is 6.07. The van der Waals surface area contributed by atoms with Crippen molar-refractivity contribution in [3.63, 3.8) is 0 Å². The average Bonchev–Trinajstić information content (AvgIpc) is 2.24. The Hall–Kier alpha value is -2.01. The van der Waals surface area contributed by atoms with Crippen LogP contribution >= 0.6 is 11.6 Å². The highest BCUT2D eigenvalue weighted by molar-refractivity contribution is 6.36. The Labute approximate surface area is 121 Å². The monoisotopic (exact) mass is 293 g/mol. The van der Waals surface area contributed by atoms with Gasteiger partial charge in [0, 0.05) is 16.5 Å². The van der Waals surface area contributed by atoms with Crippen LogP contribution in [0.3, 0.4) is 0 Å². The summed E-state index contributed by atoms with van der Waals surface area (Å²) in [5, 5.41) is 13.1. The first-order chi connectivity index (χ1) is 9.18. The molecule has 1 heterocycles. The summed E-state index contributed by atoms with van der Waals surface area (Å²) in [4.78, 5) is 15.1. The Morgan fingerprint density at radius 3 is 2.55 bits per heavy atom. The van der Waals surface area contributed by atoms with E-state index in [0.29, 0.717) is 16.5 Å². The largest absolute Gasteiger partial charge is 0.465 e. The van der Waals surface area contributed by atoms with E-state index in [1.165, 1.54) is 0 Å². The van der Waals surface area contributed by atoms with E-state index in [2.05, 4.69) is 10.3 Å². The van der Waals surface area contributed by atoms with Gasteiger partial charge in [-0.3, -0.25) is 5.32 Å². The molecule has 0 fully saturated rings. The van der Waals surface area contributed by atoms with Crippen molar-refractivity contribution in [2.45, 2.75) is 26.2 Å². The van der Waals surface area contributed by atoms with Crippen molar-refractivity contribution in [3.05, 3.63) is 28.9 Å². The lowest BCUT2D eigenvalue weighted by Gasteiger charge is -2.21. The second-order valence-corrected chi connectivity index (χ2v) is 6.04. The Morgan fingerprint density at radius 1 is 1.35 bits per heavy atom. The maximum absolute atomic E-state index is 10.7. The second-order valence-electron chi connectivity index (χ2n) is 5.63. The molecule has 106 valence electrons. The lowest BCUT2D eigenvalue weighted by molar-refractivity contribution is 0.210. The van der Waals surface area contributed by atoms with Crippen LogP contribution in [-0.4, -0.2) is 16.2 Å². The quantitative estimate of drug-likeness (QED) is 0.745. The van der Waals surface area contributed by atoms with Gasteiger partial charge in [-0.2, -0.15) is 0 Å². The molecule has 0 spiro atoms. The normalized spacial score (nSPS) is 11.6. The SMILES string of the molecule is CC(C)(C)c1nc(N)cc2cc(NC(=O)O)cc(Cl)c12. The van der Waals surface area contributed by atoms with Crippen LogP contribution in [0.4, 0.5) is 16.3 Å². The van der Waals surface area contributed by atoms with Crippen LogP contribution in [0.5, 0.6) is 0 Å². The first kappa shape index (κ1) is 14.4. The fourth-order valence-electron chi connectivity index (χ4n) is 2.11. The number of carbonyl (C=O) groups is 1. The van der Waals surface area contributed by atoms with Crippen molar-refractivity contribution in [2.75, 3.05) is 11.1 Å². The fourth-order valence-corrected chi connectivity index (χ4v) is 2.42. The molecule has 6 heteroatoms. The van der Waals surface area contributed by atoms with E-state index in [0.717, 1.165) is 16.5 Å². The lowest BCUT2D eigenvalue weighted by atomic mass is 9.88. The number of nitrogens with one attached hydrogen (secondary N) is 1. The van der Waals surface area contributed by atoms with Gasteiger partial charge >= 0.3 is 6.09 Å². The number of pyridine rings is 1. The summed E-state index contributed by atoms with van der Waals surface area (Å²) in [6, 6.07) is 4.96. The predicted molar refractivity (Wildman–Crippen MR) is 81.5 cm³/mol. The summed E-state index contributed by atoms with van der Waals surface area (Å²) in [6.07, 6.45) is -1.14. The van der Waals surface area contributed by atoms with Gasteiger partial charge in [0.1, 0.15) is 5.82 Å². The van der Waals surface area contributed by atoms with Gasteiger partial charge in [0.25, 0.3) is 0 Å². The van der Waals surface area contributed by atoms with E-state index >= 15 is 0 Å². The first-order valence-electron chi connectivity index (χ1n) is 6.08. The van der Waals surface area contributed by atoms with Crippen molar-refractivity contribution in [2.24, 2.45) is 0 Å². The highest BCUT2D eigenvalue weighted by atomic mass is 35.5. The van der Waals surface area contributed by atoms with Crippen LogP contribution in [0, 0.1) is 0 Å². The van der Waals surface area contributed by atoms with Gasteiger partial charge < -0.3 is 10.8 Å². The number of nitrogen functional groups attached to an aromatic ring is 1. The molecule has 0 unspecified atom stereocenters. The summed E-state index contributed by atoms with van der Waals surface area (Å²) in [5.41, 5.74) is 6.80. The zero-order valence-corrected chi connectivity index (χ0v) is 12.2. The zero-order chi connectivity index (χ0) is 15.1. The summed E-state index contributed by atoms with van der Waals surface area (Å²) in [7, 11) is 0. The number of hydrogen-bond acceptors (Lipinski definition) is 3. The van der Waals surface area contributed by atoms with E-state index in [4.69, 9.17) is 22.4 Å². The Morgan fingerprint density at radius 2 is 2.00 bits per heavy atom. The van der Waals surface area contributed by atoms with E-state index in [1.54, 1.807) is 18.2 Å². The van der Waals surface area contributed by atoms with Gasteiger partial charge in [-0.15, -0.1) is 0 Å². The molecule has 2 aromatic rings. The molecule has 0 atom stereocenters. The van der Waals surface area contributed by atoms with Gasteiger partial charge in [0.2, 0.25) is 0 Å². The molecule has 0 radical (unpaired) electrons. The van der Waals surface area contributed by atoms with Crippen LogP contribution < -0.4 is 11.1 Å². The summed E-state index contributed by atoms with van der Waals surface area (Å²) in [5.74, 6) is 0.381. The summed E-state index contributed by atoms with van der Waals surface area (Å²) >= 11 is 6.30. The zero-order valence-electron chi connectivity index (χ0n) is 11.5. The van der Waals surface area contributed by atoms with Crippen molar-refractivity contribution in [3.8, 4) is 0 Å². The van der Waals surface area contributed by atoms with Crippen molar-refractivity contribution < 1.29 is 9.90 Å². The molecule has 0 bridgehead atoms. The number of hydrogen-bond donors (Lipinski definition) is 3. The molecular weight excluding hydrogens is 278 g/mol. The minimum absolute atomic E-state index is 0.223. The number of aromatic nitrogens is 1. The number of anilines is 2. The number of rotatable bonds is 1. The van der Waals surface area contributed by atoms with Gasteiger partial charge in [0.15, 0.2) is 0 Å². The molecule has 0 saturated heterocycles. The molecule has 4 N–H and O–H groups in total. The third-order valence-corrected chi connectivity index (χ3v) is 3.16. The molecule has 1 aromatic carbocycles. The third-order valence-electron chi connectivity index (χ3n) is 2.86. The van der Waals surface area contributed by atoms with E-state index < -0.39 is 6.09 Å². The van der Waals surface area contributed by atoms with E-state index in [-0.39, 0.29) is 5.41 Å². The maximum Gasteiger partial charge on any atom is 0.409 e. The number of nitrogens with zero attached hydrogens (tertiary/aromatic N) is 1. The van der Waals surface area contributed by atoms with Gasteiger partial charge in [-0.1, -0.05) is 32.4 Å². The molecule has 2 rings (SSSR count). The fraction of sp³-hybridized carbons (Fsp3) is 0.286. The minimum atomic E-state index is -1.14. The molecule has 1 aromatic heterocycles.